The van der Waals surface area contributed by atoms with Gasteiger partial charge in [0.2, 0.25) is 0 Å². The number of hydrogen-bond acceptors (Lipinski definition) is 4. The number of halogens is 3. The van der Waals surface area contributed by atoms with Crippen LogP contribution in [-0.2, 0) is 9.53 Å². The Morgan fingerprint density at radius 2 is 2.18 bits per heavy atom. The Hall–Kier alpha value is -0.820. The first kappa shape index (κ1) is 17.5. The van der Waals surface area contributed by atoms with Gasteiger partial charge in [-0.25, -0.2) is 0 Å². The molecule has 0 amide bonds. The Kier molecular flexibility index (Phi) is 5.37. The van der Waals surface area contributed by atoms with Crippen LogP contribution in [0, 0.1) is 5.92 Å². The Morgan fingerprint density at radius 1 is 1.45 bits per heavy atom. The van der Waals surface area contributed by atoms with Crippen LogP contribution < -0.4 is 5.32 Å². The van der Waals surface area contributed by atoms with Crippen molar-refractivity contribution in [3.8, 4) is 0 Å². The molecule has 1 unspecified atom stereocenters. The summed E-state index contributed by atoms with van der Waals surface area (Å²) in [5.41, 5.74) is -0.925. The zero-order valence-electron chi connectivity index (χ0n) is 13.2. The fraction of sp³-hybridized carbons (Fsp3) is 0.933. The monoisotopic (exact) mass is 322 g/mol. The van der Waals surface area contributed by atoms with E-state index in [9.17, 15) is 18.0 Å². The van der Waals surface area contributed by atoms with Crippen LogP contribution in [0.2, 0.25) is 0 Å². The standard InChI is InChI=1S/C15H25F3N2O2/c1-3-4-5-6-11(2)13(21)22-14-7-12(8-19-14)20(9-14)10-15(16,17)18/h11-12,19H,3-10H2,1-2H3/t11?,12-,14-/m0/s1. The number of ether oxygens (including phenoxy) is 1. The maximum absolute atomic E-state index is 12.6. The third-order valence-electron chi connectivity index (χ3n) is 4.52. The van der Waals surface area contributed by atoms with Crippen LogP contribution in [0.25, 0.3) is 0 Å². The van der Waals surface area contributed by atoms with Crippen molar-refractivity contribution in [2.45, 2.75) is 63.9 Å². The van der Waals surface area contributed by atoms with Crippen molar-refractivity contribution in [1.82, 2.24) is 10.2 Å². The Labute approximate surface area is 129 Å². The highest BCUT2D eigenvalue weighted by Crippen LogP contribution is 2.36. The van der Waals surface area contributed by atoms with Crippen LogP contribution in [-0.4, -0.2) is 48.4 Å². The second-order valence-corrected chi connectivity index (χ2v) is 6.57. The van der Waals surface area contributed by atoms with Crippen LogP contribution in [0.3, 0.4) is 0 Å². The number of piperazine rings is 1. The Morgan fingerprint density at radius 3 is 2.82 bits per heavy atom. The smallest absolute Gasteiger partial charge is 0.401 e. The molecule has 2 aliphatic heterocycles. The molecule has 0 saturated carbocycles. The van der Waals surface area contributed by atoms with Gasteiger partial charge in [0, 0.05) is 19.0 Å². The maximum atomic E-state index is 12.6. The topological polar surface area (TPSA) is 41.6 Å². The number of rotatable bonds is 7. The number of alkyl halides is 3. The first-order chi connectivity index (χ1) is 10.2. The lowest BCUT2D eigenvalue weighted by Gasteiger charge is -2.34. The number of carbonyl (C=O) groups excluding carboxylic acids is 1. The van der Waals surface area contributed by atoms with Crippen molar-refractivity contribution in [1.29, 1.82) is 0 Å². The third-order valence-corrected chi connectivity index (χ3v) is 4.52. The molecule has 128 valence electrons. The van der Waals surface area contributed by atoms with Gasteiger partial charge in [-0.2, -0.15) is 13.2 Å². The average molecular weight is 322 g/mol. The summed E-state index contributed by atoms with van der Waals surface area (Å²) in [4.78, 5) is 13.5. The SMILES string of the molecule is CCCCCC(C)C(=O)O[C@]12C[C@@H](CN1)N(CC(F)(F)F)C2. The molecule has 7 heteroatoms. The first-order valence-electron chi connectivity index (χ1n) is 8.03. The molecule has 2 bridgehead atoms. The number of nitrogens with one attached hydrogen (secondary N) is 1. The minimum atomic E-state index is -4.22. The second-order valence-electron chi connectivity index (χ2n) is 6.57. The predicted molar refractivity (Wildman–Crippen MR) is 76.2 cm³/mol. The zero-order valence-corrected chi connectivity index (χ0v) is 13.2. The molecule has 2 aliphatic rings. The molecule has 2 fully saturated rings. The summed E-state index contributed by atoms with van der Waals surface area (Å²) in [5, 5.41) is 3.09. The third kappa shape index (κ3) is 4.35. The highest BCUT2D eigenvalue weighted by molar-refractivity contribution is 5.72. The van der Waals surface area contributed by atoms with Gasteiger partial charge < -0.3 is 4.74 Å². The summed E-state index contributed by atoms with van der Waals surface area (Å²) in [5.74, 6) is -0.517. The average Bonchev–Trinajstić information content (AvgIpc) is 2.94. The van der Waals surface area contributed by atoms with Gasteiger partial charge in [-0.3, -0.25) is 15.0 Å². The van der Waals surface area contributed by atoms with E-state index in [0.29, 0.717) is 13.0 Å². The fourth-order valence-corrected chi connectivity index (χ4v) is 3.30. The summed E-state index contributed by atoms with van der Waals surface area (Å²) in [6.07, 6.45) is 0.109. The number of nitrogens with zero attached hydrogens (tertiary/aromatic N) is 1. The molecule has 0 spiro atoms. The number of carbonyl (C=O) groups is 1. The Balaban J connectivity index is 1.86. The quantitative estimate of drug-likeness (QED) is 0.578. The molecule has 22 heavy (non-hydrogen) atoms. The summed E-state index contributed by atoms with van der Waals surface area (Å²) < 4.78 is 43.2. The van der Waals surface area contributed by atoms with Gasteiger partial charge in [0.15, 0.2) is 5.72 Å². The van der Waals surface area contributed by atoms with E-state index in [4.69, 9.17) is 4.74 Å². The number of unbranched alkanes of at least 4 members (excludes halogenated alkanes) is 2. The van der Waals surface area contributed by atoms with Crippen LogP contribution in [0.4, 0.5) is 13.2 Å². The minimum Gasteiger partial charge on any atom is -0.442 e. The van der Waals surface area contributed by atoms with E-state index in [1.807, 2.05) is 6.92 Å². The van der Waals surface area contributed by atoms with E-state index in [2.05, 4.69) is 12.2 Å². The second kappa shape index (κ2) is 6.74. The van der Waals surface area contributed by atoms with Gasteiger partial charge in [0.05, 0.1) is 19.0 Å². The molecule has 0 radical (unpaired) electrons. The van der Waals surface area contributed by atoms with Crippen LogP contribution in [0.15, 0.2) is 0 Å². The number of likely N-dealkylation sites (tertiary alicyclic amines) is 1. The molecule has 3 atom stereocenters. The molecular formula is C15H25F3N2O2. The highest BCUT2D eigenvalue weighted by Gasteiger charge is 2.54. The van der Waals surface area contributed by atoms with Crippen molar-refractivity contribution in [3.63, 3.8) is 0 Å². The molecular weight excluding hydrogens is 297 g/mol. The van der Waals surface area contributed by atoms with E-state index in [1.165, 1.54) is 4.90 Å². The number of fused-ring (bicyclic) bond motifs is 2. The van der Waals surface area contributed by atoms with Crippen LogP contribution in [0.1, 0.15) is 46.0 Å². The minimum absolute atomic E-state index is 0.116. The summed E-state index contributed by atoms with van der Waals surface area (Å²) in [7, 11) is 0. The lowest BCUT2D eigenvalue weighted by Crippen LogP contribution is -2.55. The van der Waals surface area contributed by atoms with Crippen molar-refractivity contribution < 1.29 is 22.7 Å². The Bertz CT molecular complexity index is 403. The number of esters is 1. The highest BCUT2D eigenvalue weighted by atomic mass is 19.4. The van der Waals surface area contributed by atoms with Gasteiger partial charge >= 0.3 is 12.1 Å². The van der Waals surface area contributed by atoms with Crippen LogP contribution in [0.5, 0.6) is 0 Å². The lowest BCUT2D eigenvalue weighted by atomic mass is 10.0. The van der Waals surface area contributed by atoms with Gasteiger partial charge in [-0.15, -0.1) is 0 Å². The first-order valence-corrected chi connectivity index (χ1v) is 8.03. The predicted octanol–water partition coefficient (Wildman–Crippen LogP) is 2.68. The van der Waals surface area contributed by atoms with E-state index in [-0.39, 0.29) is 24.5 Å². The summed E-state index contributed by atoms with van der Waals surface area (Å²) >= 11 is 0. The van der Waals surface area contributed by atoms with E-state index < -0.39 is 18.4 Å². The molecule has 4 nitrogen and oxygen atoms in total. The molecule has 0 aromatic carbocycles. The molecule has 0 aromatic rings. The van der Waals surface area contributed by atoms with Crippen LogP contribution >= 0.6 is 0 Å². The summed E-state index contributed by atoms with van der Waals surface area (Å²) in [6, 6.07) is -0.204. The van der Waals surface area contributed by atoms with Crippen molar-refractivity contribution in [2.24, 2.45) is 5.92 Å². The van der Waals surface area contributed by atoms with E-state index in [0.717, 1.165) is 25.7 Å². The van der Waals surface area contributed by atoms with E-state index >= 15 is 0 Å². The normalized spacial score (nSPS) is 29.8. The van der Waals surface area contributed by atoms with Crippen molar-refractivity contribution in [3.05, 3.63) is 0 Å². The molecule has 0 aromatic heterocycles. The fourth-order valence-electron chi connectivity index (χ4n) is 3.30. The largest absolute Gasteiger partial charge is 0.442 e. The lowest BCUT2D eigenvalue weighted by molar-refractivity contribution is -0.171. The molecule has 2 rings (SSSR count). The van der Waals surface area contributed by atoms with Gasteiger partial charge in [-0.05, 0) is 6.42 Å². The molecule has 0 aliphatic carbocycles. The molecule has 2 heterocycles. The van der Waals surface area contributed by atoms with Gasteiger partial charge in [0.1, 0.15) is 0 Å². The van der Waals surface area contributed by atoms with Crippen molar-refractivity contribution >= 4 is 5.97 Å². The molecule has 1 N–H and O–H groups in total. The van der Waals surface area contributed by atoms with Gasteiger partial charge in [-0.1, -0.05) is 33.1 Å². The number of hydrogen-bond donors (Lipinski definition) is 1. The maximum Gasteiger partial charge on any atom is 0.401 e. The zero-order chi connectivity index (χ0) is 16.4. The summed E-state index contributed by atoms with van der Waals surface area (Å²) in [6.45, 7) is 3.53. The van der Waals surface area contributed by atoms with Crippen molar-refractivity contribution in [2.75, 3.05) is 19.6 Å². The molecule has 2 saturated heterocycles. The van der Waals surface area contributed by atoms with E-state index in [1.54, 1.807) is 0 Å². The van der Waals surface area contributed by atoms with Gasteiger partial charge in [0.25, 0.3) is 0 Å².